The fraction of sp³-hybridized carbons (Fsp3) is 0.224. The number of aromatic hydroxyl groups is 1. The van der Waals surface area contributed by atoms with Gasteiger partial charge >= 0.3 is 0 Å². The zero-order valence-electron chi connectivity index (χ0n) is 34.2. The fourth-order valence-electron chi connectivity index (χ4n) is 10.1. The number of imide groups is 2. The number of hydrazine groups is 1. The van der Waals surface area contributed by atoms with Crippen molar-refractivity contribution < 1.29 is 42.9 Å². The van der Waals surface area contributed by atoms with Gasteiger partial charge in [-0.2, -0.15) is 5.01 Å². The number of halogens is 3. The zero-order chi connectivity index (χ0) is 44.3. The predicted octanol–water partition coefficient (Wildman–Crippen LogP) is 9.22. The van der Waals surface area contributed by atoms with Crippen molar-refractivity contribution in [2.75, 3.05) is 31.7 Å². The van der Waals surface area contributed by atoms with Gasteiger partial charge < -0.3 is 19.3 Å². The van der Waals surface area contributed by atoms with Gasteiger partial charge in [0.25, 0.3) is 11.8 Å². The van der Waals surface area contributed by atoms with E-state index in [1.54, 1.807) is 74.9 Å². The van der Waals surface area contributed by atoms with E-state index in [4.69, 9.17) is 37.4 Å². The maximum atomic E-state index is 15.5. The van der Waals surface area contributed by atoms with Gasteiger partial charge in [-0.15, -0.1) is 0 Å². The van der Waals surface area contributed by atoms with Gasteiger partial charge in [-0.1, -0.05) is 83.4 Å². The average molecular weight is 889 g/mol. The van der Waals surface area contributed by atoms with E-state index in [9.17, 15) is 14.7 Å². The molecule has 320 valence electrons. The van der Waals surface area contributed by atoms with E-state index < -0.39 is 70.2 Å². The molecule has 14 heteroatoms. The molecule has 2 N–H and O–H groups in total. The molecule has 3 fully saturated rings. The van der Waals surface area contributed by atoms with E-state index in [1.807, 2.05) is 30.4 Å². The summed E-state index contributed by atoms with van der Waals surface area (Å²) in [4.78, 5) is 60.9. The SMILES string of the molecule is COc1ccc([C@@]23C(=O)N(Nc4ccc(Cl)cc4Cl)C(=O)[C@@H]2C[C@@H]2C(=CC[C@@H]4C(=O)N(c5ccc(C=Cc6cc(OC)ccc6OC)cc5)C(=O)[C@@H]42)[C@@H]3c2cccc(F)c2O)cc1. The summed E-state index contributed by atoms with van der Waals surface area (Å²) in [6.07, 6.45) is 5.69. The normalized spacial score (nSPS) is 24.0. The highest BCUT2D eigenvalue weighted by Gasteiger charge is 2.70. The first-order valence-electron chi connectivity index (χ1n) is 20.2. The van der Waals surface area contributed by atoms with Crippen molar-refractivity contribution in [3.8, 4) is 23.0 Å². The summed E-state index contributed by atoms with van der Waals surface area (Å²) in [5.74, 6) is -6.78. The fourth-order valence-corrected chi connectivity index (χ4v) is 10.5. The molecule has 0 radical (unpaired) electrons. The number of anilines is 2. The molecule has 2 heterocycles. The van der Waals surface area contributed by atoms with Crippen LogP contribution < -0.4 is 24.5 Å². The highest BCUT2D eigenvalue weighted by Crippen LogP contribution is 2.65. The largest absolute Gasteiger partial charge is 0.505 e. The second-order valence-corrected chi connectivity index (χ2v) is 16.8. The maximum absolute atomic E-state index is 15.5. The molecule has 2 saturated heterocycles. The van der Waals surface area contributed by atoms with Crippen molar-refractivity contribution in [1.82, 2.24) is 5.01 Å². The van der Waals surface area contributed by atoms with Crippen LogP contribution in [0.3, 0.4) is 0 Å². The number of benzene rings is 5. The quantitative estimate of drug-likeness (QED) is 0.0800. The molecule has 63 heavy (non-hydrogen) atoms. The Kier molecular flexibility index (Phi) is 10.8. The van der Waals surface area contributed by atoms with Crippen LogP contribution in [0.5, 0.6) is 23.0 Å². The Labute approximate surface area is 372 Å². The highest BCUT2D eigenvalue weighted by molar-refractivity contribution is 6.36. The van der Waals surface area contributed by atoms with Crippen LogP contribution in [-0.4, -0.2) is 55.1 Å². The van der Waals surface area contributed by atoms with E-state index in [-0.39, 0.29) is 29.1 Å². The summed E-state index contributed by atoms with van der Waals surface area (Å²) in [5.41, 5.74) is 4.35. The van der Waals surface area contributed by atoms with Crippen LogP contribution in [0, 0.1) is 29.5 Å². The average Bonchev–Trinajstić information content (AvgIpc) is 3.67. The molecule has 2 aliphatic heterocycles. The third kappa shape index (κ3) is 6.70. The predicted molar refractivity (Wildman–Crippen MR) is 236 cm³/mol. The third-order valence-corrected chi connectivity index (χ3v) is 13.5. The summed E-state index contributed by atoms with van der Waals surface area (Å²) in [5, 5.41) is 12.9. The molecule has 5 aromatic rings. The van der Waals surface area contributed by atoms with Crippen molar-refractivity contribution in [2.45, 2.75) is 24.2 Å². The summed E-state index contributed by atoms with van der Waals surface area (Å²) in [6.45, 7) is 0. The molecule has 4 aliphatic rings. The van der Waals surface area contributed by atoms with Gasteiger partial charge in [-0.25, -0.2) is 4.39 Å². The Bertz CT molecular complexity index is 2760. The number of hydrogen-bond donors (Lipinski definition) is 2. The number of methoxy groups -OCH3 is 3. The molecule has 2 aliphatic carbocycles. The number of hydrogen-bond acceptors (Lipinski definition) is 9. The topological polar surface area (TPSA) is 135 Å². The molecule has 5 aromatic carbocycles. The van der Waals surface area contributed by atoms with E-state index in [0.717, 1.165) is 22.2 Å². The lowest BCUT2D eigenvalue weighted by Gasteiger charge is -2.50. The Hall–Kier alpha value is -6.63. The Morgan fingerprint density at radius 2 is 1.52 bits per heavy atom. The number of carbonyl (C=O) groups is 4. The number of para-hydroxylation sites is 1. The Morgan fingerprint density at radius 1 is 0.794 bits per heavy atom. The molecular weight excluding hydrogens is 848 g/mol. The number of ether oxygens (including phenoxy) is 3. The molecule has 11 nitrogen and oxygen atoms in total. The second kappa shape index (κ2) is 16.2. The standard InChI is InChI=1S/C49H40Cl2FN3O8/c1-61-31-16-11-28(12-17-31)49-37(46(58)55(48(49)60)53-40-21-13-29(50)24-38(40)51)25-36-33(43(49)35-5-4-6-39(52)44(35)56)19-20-34-42(36)47(59)54(45(34)57)30-14-8-26(9-15-30)7-10-27-23-32(62-2)18-22-41(27)63-3/h4-19,21-24,34,36-37,42-43,53,56H,20,25H2,1-3H3/t34-,36+,37-,42-,43+,49+/m0/s1. The zero-order valence-corrected chi connectivity index (χ0v) is 35.7. The van der Waals surface area contributed by atoms with Crippen LogP contribution in [-0.2, 0) is 24.6 Å². The van der Waals surface area contributed by atoms with Gasteiger partial charge in [-0.05, 0) is 96.6 Å². The Balaban J connectivity index is 1.13. The van der Waals surface area contributed by atoms with Gasteiger partial charge in [-0.3, -0.25) is 29.5 Å². The van der Waals surface area contributed by atoms with Crippen molar-refractivity contribution in [3.05, 3.63) is 153 Å². The second-order valence-electron chi connectivity index (χ2n) is 15.9. The van der Waals surface area contributed by atoms with Crippen LogP contribution in [0.15, 0.2) is 115 Å². The number of carbonyl (C=O) groups excluding carboxylic acids is 4. The Morgan fingerprint density at radius 3 is 2.22 bits per heavy atom. The number of amides is 4. The minimum atomic E-state index is -1.78. The first-order chi connectivity index (χ1) is 30.4. The molecule has 9 rings (SSSR count). The van der Waals surface area contributed by atoms with Crippen LogP contribution in [0.4, 0.5) is 15.8 Å². The monoisotopic (exact) mass is 887 g/mol. The van der Waals surface area contributed by atoms with Gasteiger partial charge in [0.1, 0.15) is 17.2 Å². The highest BCUT2D eigenvalue weighted by atomic mass is 35.5. The molecular formula is C49H40Cl2FN3O8. The third-order valence-electron chi connectivity index (χ3n) is 13.0. The lowest BCUT2D eigenvalue weighted by atomic mass is 9.49. The number of nitrogens with zero attached hydrogens (tertiary/aromatic N) is 2. The molecule has 0 spiro atoms. The minimum absolute atomic E-state index is 0.0208. The number of phenolic OH excluding ortho intramolecular Hbond substituents is 1. The number of fused-ring (bicyclic) bond motifs is 4. The van der Waals surface area contributed by atoms with Crippen LogP contribution in [0.1, 0.15) is 41.0 Å². The van der Waals surface area contributed by atoms with E-state index in [2.05, 4.69) is 5.43 Å². The van der Waals surface area contributed by atoms with Gasteiger partial charge in [0.05, 0.1) is 60.9 Å². The summed E-state index contributed by atoms with van der Waals surface area (Å²) in [6, 6.07) is 27.8. The molecule has 6 atom stereocenters. The van der Waals surface area contributed by atoms with Crippen molar-refractivity contribution >= 4 is 70.4 Å². The van der Waals surface area contributed by atoms with Crippen LogP contribution >= 0.6 is 23.2 Å². The van der Waals surface area contributed by atoms with E-state index in [0.29, 0.717) is 39.1 Å². The molecule has 1 saturated carbocycles. The van der Waals surface area contributed by atoms with Crippen molar-refractivity contribution in [1.29, 1.82) is 0 Å². The number of allylic oxidation sites excluding steroid dienone is 2. The molecule has 0 bridgehead atoms. The van der Waals surface area contributed by atoms with Crippen molar-refractivity contribution in [3.63, 3.8) is 0 Å². The number of phenols is 1. The first kappa shape index (κ1) is 41.7. The molecule has 4 amide bonds. The maximum Gasteiger partial charge on any atom is 0.260 e. The smallest absolute Gasteiger partial charge is 0.260 e. The van der Waals surface area contributed by atoms with Gasteiger partial charge in [0, 0.05) is 22.1 Å². The van der Waals surface area contributed by atoms with Crippen LogP contribution in [0.25, 0.3) is 12.2 Å². The number of rotatable bonds is 10. The van der Waals surface area contributed by atoms with Gasteiger partial charge in [0.15, 0.2) is 11.6 Å². The van der Waals surface area contributed by atoms with Crippen molar-refractivity contribution in [2.24, 2.45) is 23.7 Å². The summed E-state index contributed by atoms with van der Waals surface area (Å²) < 4.78 is 31.9. The summed E-state index contributed by atoms with van der Waals surface area (Å²) >= 11 is 12.7. The first-order valence-corrected chi connectivity index (χ1v) is 21.0. The number of nitrogens with one attached hydrogen (secondary N) is 1. The molecule has 0 aromatic heterocycles. The minimum Gasteiger partial charge on any atom is -0.505 e. The summed E-state index contributed by atoms with van der Waals surface area (Å²) in [7, 11) is 4.67. The van der Waals surface area contributed by atoms with Gasteiger partial charge in [0.2, 0.25) is 11.8 Å². The van der Waals surface area contributed by atoms with E-state index in [1.165, 1.54) is 36.3 Å². The lowest BCUT2D eigenvalue weighted by Crippen LogP contribution is -2.53. The molecule has 0 unspecified atom stereocenters. The lowest BCUT2D eigenvalue weighted by molar-refractivity contribution is -0.138. The van der Waals surface area contributed by atoms with Crippen LogP contribution in [0.2, 0.25) is 10.0 Å². The van der Waals surface area contributed by atoms with E-state index >= 15 is 14.0 Å².